The van der Waals surface area contributed by atoms with Crippen molar-refractivity contribution in [3.8, 4) is 22.5 Å². The second-order valence-corrected chi connectivity index (χ2v) is 44.9. The van der Waals surface area contributed by atoms with Crippen molar-refractivity contribution in [3.05, 3.63) is 79.2 Å². The van der Waals surface area contributed by atoms with E-state index < -0.39 is 77.3 Å². The summed E-state index contributed by atoms with van der Waals surface area (Å²) in [6.45, 7) is 56.5. The van der Waals surface area contributed by atoms with Crippen LogP contribution in [0.4, 0.5) is 57.9 Å². The number of aromatic nitrogens is 15. The molecule has 142 heavy (non-hydrogen) atoms. The molecule has 15 heterocycles. The molecule has 9 aromatic heterocycles. The summed E-state index contributed by atoms with van der Waals surface area (Å²) < 4.78 is 53.8. The topological polar surface area (TPSA) is 473 Å². The molecule has 6 atom stereocenters. The molecule has 9 aromatic rings. The lowest BCUT2D eigenvalue weighted by atomic mass is 9.73. The standard InChI is InChI=1S/C37H53ClN8O7.C25H37BrN6O5.C23H30ClN7O.C12H18BClN2O4/c1-13-45(32(48)52-35(7,8)9)29-24(38)23(14-17-39-29)25-26-30(46(43-25)33(49)53-36(10,11)12)42-28(21(2)40-26)44-18-15-37(16-19-44)20-50-22(3)27(37)41-31(47)51-34(4,5)6;1-14-19(29-20-16(27-14)18(26)30-32(20)22(34)37-24(6,7)8)31-11-9-25(10-12-31)13-35-15(2)17(25)28-21(33)36-23(3,4)5;1-4-5-16-17(24)15(6-9-26-16)18-19-21(30-29-18)28-22(13(2)27-19)31-10-7-23(8-11-31)12-32-14(3)20(23)25;1-5-16(11(17)20-12(2,3)4)10-9(14)8(13(18)19)6-7-15-10/h14,17,22,27H,13,15-16,18-20H2,1-12H3,(H,41,47);15,17H,9-13H2,1-8H3,(H,28,33);6,9,14,20H,4-5,7-8,10-12,25H2,1-3H3,(H,28,29,30);6-7,18-19H,5H2,1-4H3/t22-,27+;15-,17+;14-,20+;/m000./s1. The first-order valence-corrected chi connectivity index (χ1v) is 50.2. The van der Waals surface area contributed by atoms with Crippen LogP contribution in [-0.2, 0) is 49.1 Å². The number of piperidine rings is 3. The van der Waals surface area contributed by atoms with Gasteiger partial charge >= 0.3 is 43.7 Å². The highest BCUT2D eigenvalue weighted by atomic mass is 79.9. The van der Waals surface area contributed by atoms with Crippen LogP contribution in [0, 0.1) is 37.0 Å². The Morgan fingerprint density at radius 2 is 0.894 bits per heavy atom. The molecule has 3 spiro atoms. The maximum absolute atomic E-state index is 13.7. The molecule has 6 aliphatic heterocycles. The molecule has 7 N–H and O–H groups in total. The number of fused-ring (bicyclic) bond motifs is 3. The van der Waals surface area contributed by atoms with E-state index in [1.165, 1.54) is 28.3 Å². The molecule has 0 unspecified atom stereocenters. The zero-order valence-electron chi connectivity index (χ0n) is 86.5. The summed E-state index contributed by atoms with van der Waals surface area (Å²) in [4.78, 5) is 128. The van der Waals surface area contributed by atoms with Crippen molar-refractivity contribution in [1.29, 1.82) is 0 Å². The average molecular weight is 2100 g/mol. The molecule has 4 amide bonds. The first kappa shape index (κ1) is 110. The van der Waals surface area contributed by atoms with E-state index in [0.29, 0.717) is 107 Å². The monoisotopic (exact) mass is 2090 g/mol. The van der Waals surface area contributed by atoms with Crippen molar-refractivity contribution in [2.75, 3.05) is 96.7 Å². The highest BCUT2D eigenvalue weighted by molar-refractivity contribution is 9.10. The van der Waals surface area contributed by atoms with Gasteiger partial charge in [0.1, 0.15) is 55.9 Å². The molecular formula is C97H138BBrCl3N23O17. The van der Waals surface area contributed by atoms with Crippen LogP contribution in [0.15, 0.2) is 41.4 Å². The molecule has 6 aliphatic rings. The number of pyridine rings is 3. The maximum atomic E-state index is 13.7. The fourth-order valence-electron chi connectivity index (χ4n) is 18.4. The van der Waals surface area contributed by atoms with E-state index in [-0.39, 0.29) is 104 Å². The Morgan fingerprint density at radius 1 is 0.507 bits per heavy atom. The summed E-state index contributed by atoms with van der Waals surface area (Å²) in [5.41, 5.74) is 10.2. The Labute approximate surface area is 852 Å². The normalized spacial score (nSPS) is 19.5. The highest BCUT2D eigenvalue weighted by Crippen LogP contribution is 2.48. The van der Waals surface area contributed by atoms with E-state index in [0.717, 1.165) is 107 Å². The summed E-state index contributed by atoms with van der Waals surface area (Å²) in [7, 11) is -1.73. The molecule has 0 saturated carbocycles. The van der Waals surface area contributed by atoms with E-state index in [9.17, 15) is 38.8 Å². The number of nitrogens with zero attached hydrogens (tertiary/aromatic N) is 19. The largest absolute Gasteiger partial charge is 0.490 e. The highest BCUT2D eigenvalue weighted by Gasteiger charge is 2.54. The fraction of sp³-hybridized carbons (Fsp3) is 0.629. The summed E-state index contributed by atoms with van der Waals surface area (Å²) in [5, 5.41) is 41.9. The number of anilines is 5. The molecule has 45 heteroatoms. The molecule has 6 saturated heterocycles. The van der Waals surface area contributed by atoms with Gasteiger partial charge in [-0.2, -0.15) is 15.3 Å². The van der Waals surface area contributed by atoms with Crippen LogP contribution >= 0.6 is 50.7 Å². The average Bonchev–Trinajstić information content (AvgIpc) is 1.59. The molecule has 0 aliphatic carbocycles. The lowest BCUT2D eigenvalue weighted by Gasteiger charge is -2.43. The third kappa shape index (κ3) is 25.6. The van der Waals surface area contributed by atoms with E-state index in [1.54, 1.807) is 109 Å². The van der Waals surface area contributed by atoms with E-state index >= 15 is 0 Å². The minimum atomic E-state index is -1.73. The number of nitrogens with one attached hydrogen (secondary N) is 3. The van der Waals surface area contributed by atoms with E-state index in [4.69, 9.17) is 113 Å². The predicted molar refractivity (Wildman–Crippen MR) is 548 cm³/mol. The molecule has 0 radical (unpaired) electrons. The van der Waals surface area contributed by atoms with Gasteiger partial charge in [-0.05, 0) is 259 Å². The van der Waals surface area contributed by atoms with Gasteiger partial charge in [0.2, 0.25) is 5.65 Å². The molecule has 15 rings (SSSR count). The van der Waals surface area contributed by atoms with Gasteiger partial charge in [-0.1, -0.05) is 48.1 Å². The number of ether oxygens (including phenoxy) is 9. The van der Waals surface area contributed by atoms with Crippen LogP contribution in [0.1, 0.15) is 234 Å². The molecule has 6 fully saturated rings. The number of nitrogens with two attached hydrogens (primary N) is 1. The Kier molecular flexibility index (Phi) is 33.9. The zero-order chi connectivity index (χ0) is 105. The first-order chi connectivity index (χ1) is 66.2. The Hall–Kier alpha value is -10.3. The molecule has 0 bridgehead atoms. The van der Waals surface area contributed by atoms with Gasteiger partial charge in [0, 0.05) is 110 Å². The smallest absolute Gasteiger partial charge is 0.444 e. The van der Waals surface area contributed by atoms with Gasteiger partial charge in [-0.15, -0.1) is 9.36 Å². The number of halogens is 4. The Bertz CT molecular complexity index is 6080. The number of rotatable bonds is 14. The second-order valence-electron chi connectivity index (χ2n) is 43.0. The quantitative estimate of drug-likeness (QED) is 0.0435. The third-order valence-corrected chi connectivity index (χ3v) is 26.9. The molecule has 40 nitrogen and oxygen atoms in total. The first-order valence-electron chi connectivity index (χ1n) is 48.3. The number of H-pyrrole nitrogens is 1. The van der Waals surface area contributed by atoms with E-state index in [2.05, 4.69) is 90.5 Å². The number of amides is 4. The van der Waals surface area contributed by atoms with Crippen molar-refractivity contribution in [2.45, 2.75) is 308 Å². The van der Waals surface area contributed by atoms with Crippen molar-refractivity contribution in [3.63, 3.8) is 0 Å². The van der Waals surface area contributed by atoms with Crippen LogP contribution < -0.4 is 46.3 Å². The number of hydrogen-bond acceptors (Lipinski definition) is 33. The summed E-state index contributed by atoms with van der Waals surface area (Å²) in [6, 6.07) is 4.65. The number of aryl methyl sites for hydroxylation is 4. The number of alkyl carbamates (subject to hydrolysis) is 2. The minimum absolute atomic E-state index is 0.00945. The van der Waals surface area contributed by atoms with Gasteiger partial charge in [-0.25, -0.2) is 68.6 Å². The van der Waals surface area contributed by atoms with Crippen LogP contribution in [0.2, 0.25) is 15.1 Å². The SMILES string of the molecule is CCCc1nccc(-c2[nH]nc3nc(N4CCC5(CC4)CO[C@@H](C)[C@H]5N)c(C)nc23)c1Cl.CCN(C(=O)OC(C)(C)C)c1nccc(-c2nn(C(=O)OC(C)(C)C)c3nc(N4CCC5(CC4)CO[C@@H](C)[C@H]5NC(=O)OC(C)(C)C)c(C)nc23)c1Cl.CCN(C(=O)OC(C)(C)C)c1nccc(B(O)O)c1Cl.Cc1nc2c(Br)nn(C(=O)OC(C)(C)C)c2nc1N1CCC2(CC1)CO[C@@H](C)[C@H]2NC(=O)OC(C)(C)C. The number of hydrogen-bond donors (Lipinski definition) is 6. The van der Waals surface area contributed by atoms with E-state index in [1.807, 2.05) is 82.2 Å². The summed E-state index contributed by atoms with van der Waals surface area (Å²) >= 11 is 23.1. The molecular weight excluding hydrogens is 1960 g/mol. The van der Waals surface area contributed by atoms with Crippen LogP contribution in [0.25, 0.3) is 56.0 Å². The fourth-order valence-corrected chi connectivity index (χ4v) is 19.7. The second kappa shape index (κ2) is 43.5. The van der Waals surface area contributed by atoms with Crippen molar-refractivity contribution < 1.29 is 81.4 Å². The van der Waals surface area contributed by atoms with Crippen LogP contribution in [-0.4, -0.2) is 271 Å². The summed E-state index contributed by atoms with van der Waals surface area (Å²) in [5.74, 6) is 2.49. The predicted octanol–water partition coefficient (Wildman–Crippen LogP) is 16.7. The molecule has 0 aromatic carbocycles. The van der Waals surface area contributed by atoms with Gasteiger partial charge < -0.3 is 83.7 Å². The van der Waals surface area contributed by atoms with Crippen molar-refractivity contribution in [1.82, 2.24) is 85.2 Å². The van der Waals surface area contributed by atoms with Crippen molar-refractivity contribution >= 4 is 162 Å². The molecule has 774 valence electrons. The lowest BCUT2D eigenvalue weighted by Crippen LogP contribution is -2.55. The zero-order valence-corrected chi connectivity index (χ0v) is 90.4. The Morgan fingerprint density at radius 3 is 1.32 bits per heavy atom. The maximum Gasteiger partial charge on any atom is 0.490 e. The van der Waals surface area contributed by atoms with Crippen molar-refractivity contribution in [2.24, 2.45) is 22.0 Å². The van der Waals surface area contributed by atoms with Crippen LogP contribution in [0.5, 0.6) is 0 Å². The van der Waals surface area contributed by atoms with Gasteiger partial charge in [-0.3, -0.25) is 19.9 Å². The van der Waals surface area contributed by atoms with Gasteiger partial charge in [0.15, 0.2) is 45.0 Å². The number of carbonyl (C=O) groups is 6. The number of carbonyl (C=O) groups excluding carboxylic acids is 6. The van der Waals surface area contributed by atoms with Gasteiger partial charge in [0.05, 0.1) is 93.8 Å². The summed E-state index contributed by atoms with van der Waals surface area (Å²) in [6.07, 6.45) is 7.87. The number of aromatic amines is 1. The van der Waals surface area contributed by atoms with Crippen LogP contribution in [0.3, 0.4) is 0 Å². The Balaban J connectivity index is 0.000000178. The third-order valence-electron chi connectivity index (χ3n) is 25.2. The van der Waals surface area contributed by atoms with Gasteiger partial charge in [0.25, 0.3) is 0 Å². The minimum Gasteiger partial charge on any atom is -0.444 e. The lowest BCUT2D eigenvalue weighted by molar-refractivity contribution is 0.0424.